The van der Waals surface area contributed by atoms with Gasteiger partial charge in [0.1, 0.15) is 5.78 Å². The van der Waals surface area contributed by atoms with E-state index in [0.717, 1.165) is 38.0 Å². The summed E-state index contributed by atoms with van der Waals surface area (Å²) >= 11 is 0. The van der Waals surface area contributed by atoms with Crippen LogP contribution in [0.15, 0.2) is 0 Å². The number of hydrogen-bond acceptors (Lipinski definition) is 2. The van der Waals surface area contributed by atoms with Gasteiger partial charge in [-0.05, 0) is 25.2 Å². The molecule has 0 amide bonds. The van der Waals surface area contributed by atoms with Crippen molar-refractivity contribution in [2.45, 2.75) is 136 Å². The van der Waals surface area contributed by atoms with Crippen molar-refractivity contribution in [1.29, 1.82) is 0 Å². The van der Waals surface area contributed by atoms with E-state index in [1.54, 1.807) is 0 Å². The van der Waals surface area contributed by atoms with Gasteiger partial charge >= 0.3 is 0 Å². The highest BCUT2D eigenvalue weighted by Gasteiger charge is 2.02. The van der Waals surface area contributed by atoms with Crippen LogP contribution in [0.1, 0.15) is 136 Å². The lowest BCUT2D eigenvalue weighted by Gasteiger charge is -2.05. The van der Waals surface area contributed by atoms with Crippen LogP contribution in [0.25, 0.3) is 0 Å². The molecular weight excluding hydrogens is 320 g/mol. The zero-order valence-corrected chi connectivity index (χ0v) is 18.1. The number of hydrogen-bond donors (Lipinski definition) is 1. The Kier molecular flexibility index (Phi) is 20.6. The summed E-state index contributed by atoms with van der Waals surface area (Å²) < 4.78 is 0. The third-order valence-corrected chi connectivity index (χ3v) is 5.35. The Balaban J connectivity index is 3.13. The molecule has 0 bridgehead atoms. The zero-order chi connectivity index (χ0) is 19.3. The number of unbranched alkanes of at least 4 members (excludes halogenated alkanes) is 14. The van der Waals surface area contributed by atoms with Crippen molar-refractivity contribution in [2.75, 3.05) is 6.61 Å². The van der Waals surface area contributed by atoms with Crippen LogP contribution in [0, 0.1) is 5.92 Å². The summed E-state index contributed by atoms with van der Waals surface area (Å²) in [6, 6.07) is 0. The van der Waals surface area contributed by atoms with Gasteiger partial charge in [-0.15, -0.1) is 0 Å². The van der Waals surface area contributed by atoms with E-state index in [1.807, 2.05) is 0 Å². The van der Waals surface area contributed by atoms with Crippen molar-refractivity contribution in [2.24, 2.45) is 5.92 Å². The quantitative estimate of drug-likeness (QED) is 0.212. The van der Waals surface area contributed by atoms with Gasteiger partial charge in [0.25, 0.3) is 0 Å². The van der Waals surface area contributed by atoms with Gasteiger partial charge in [-0.3, -0.25) is 4.79 Å². The van der Waals surface area contributed by atoms with Gasteiger partial charge in [0.2, 0.25) is 0 Å². The lowest BCUT2D eigenvalue weighted by atomic mass is 10.0. The molecule has 0 spiro atoms. The minimum atomic E-state index is 0.354. The lowest BCUT2D eigenvalue weighted by molar-refractivity contribution is -0.119. The summed E-state index contributed by atoms with van der Waals surface area (Å²) in [4.78, 5) is 11.8. The second kappa shape index (κ2) is 20.9. The van der Waals surface area contributed by atoms with Gasteiger partial charge in [-0.2, -0.15) is 0 Å². The van der Waals surface area contributed by atoms with E-state index in [2.05, 4.69) is 13.8 Å². The third kappa shape index (κ3) is 21.7. The fourth-order valence-electron chi connectivity index (χ4n) is 3.56. The van der Waals surface area contributed by atoms with E-state index in [9.17, 15) is 4.79 Å². The standard InChI is InChI=1S/C24H48O2/c1-23(2)19-15-14-17-21-24(26)20-16-12-10-8-6-4-3-5-7-9-11-13-18-22-25/h23,25H,3-22H2,1-2H3. The molecule has 0 aromatic rings. The molecule has 0 unspecified atom stereocenters. The first-order chi connectivity index (χ1) is 12.7. The lowest BCUT2D eigenvalue weighted by Crippen LogP contribution is -1.98. The first kappa shape index (κ1) is 25.6. The van der Waals surface area contributed by atoms with E-state index in [4.69, 9.17) is 5.11 Å². The van der Waals surface area contributed by atoms with Crippen LogP contribution in [-0.4, -0.2) is 17.5 Å². The number of aliphatic hydroxyl groups is 1. The average molecular weight is 369 g/mol. The monoisotopic (exact) mass is 368 g/mol. The van der Waals surface area contributed by atoms with Crippen LogP contribution >= 0.6 is 0 Å². The Morgan fingerprint density at radius 1 is 0.577 bits per heavy atom. The predicted octanol–water partition coefficient (Wildman–Crippen LogP) is 7.62. The minimum absolute atomic E-state index is 0.354. The summed E-state index contributed by atoms with van der Waals surface area (Å²) in [5.41, 5.74) is 0. The number of carbonyl (C=O) groups excluding carboxylic acids is 1. The van der Waals surface area contributed by atoms with Crippen LogP contribution in [0.2, 0.25) is 0 Å². The molecule has 0 aromatic heterocycles. The second-order valence-corrected chi connectivity index (χ2v) is 8.60. The van der Waals surface area contributed by atoms with E-state index in [1.165, 1.54) is 89.9 Å². The largest absolute Gasteiger partial charge is 0.396 e. The maximum atomic E-state index is 11.8. The summed E-state index contributed by atoms with van der Waals surface area (Å²) in [6.07, 6.45) is 23.2. The summed E-state index contributed by atoms with van der Waals surface area (Å²) in [7, 11) is 0. The number of ketones is 1. The molecule has 156 valence electrons. The van der Waals surface area contributed by atoms with E-state index >= 15 is 0 Å². The summed E-state index contributed by atoms with van der Waals surface area (Å²) in [5.74, 6) is 1.29. The van der Waals surface area contributed by atoms with Crippen molar-refractivity contribution in [3.8, 4) is 0 Å². The minimum Gasteiger partial charge on any atom is -0.396 e. The molecule has 0 rings (SSSR count). The highest BCUT2D eigenvalue weighted by atomic mass is 16.2. The Labute approximate surface area is 164 Å². The molecule has 2 heteroatoms. The van der Waals surface area contributed by atoms with Gasteiger partial charge < -0.3 is 5.11 Å². The first-order valence-electron chi connectivity index (χ1n) is 11.8. The van der Waals surface area contributed by atoms with Gasteiger partial charge in [0, 0.05) is 19.4 Å². The number of rotatable bonds is 21. The molecule has 0 heterocycles. The molecule has 0 saturated carbocycles. The number of aliphatic hydroxyl groups excluding tert-OH is 1. The van der Waals surface area contributed by atoms with Crippen LogP contribution in [-0.2, 0) is 4.79 Å². The zero-order valence-electron chi connectivity index (χ0n) is 18.1. The Morgan fingerprint density at radius 3 is 1.31 bits per heavy atom. The molecule has 0 aromatic carbocycles. The predicted molar refractivity (Wildman–Crippen MR) is 115 cm³/mol. The van der Waals surface area contributed by atoms with Crippen LogP contribution in [0.3, 0.4) is 0 Å². The van der Waals surface area contributed by atoms with Gasteiger partial charge in [0.15, 0.2) is 0 Å². The highest BCUT2D eigenvalue weighted by Crippen LogP contribution is 2.14. The first-order valence-corrected chi connectivity index (χ1v) is 11.8. The SMILES string of the molecule is CC(C)CCCCCC(=O)CCCCCCCCCCCCCCCO. The van der Waals surface area contributed by atoms with E-state index < -0.39 is 0 Å². The van der Waals surface area contributed by atoms with Crippen molar-refractivity contribution in [1.82, 2.24) is 0 Å². The molecular formula is C24H48O2. The normalized spacial score (nSPS) is 11.4. The molecule has 0 aliphatic rings. The molecule has 0 atom stereocenters. The van der Waals surface area contributed by atoms with E-state index in [-0.39, 0.29) is 0 Å². The molecule has 26 heavy (non-hydrogen) atoms. The van der Waals surface area contributed by atoms with Crippen molar-refractivity contribution in [3.63, 3.8) is 0 Å². The molecule has 0 saturated heterocycles. The smallest absolute Gasteiger partial charge is 0.132 e. The van der Waals surface area contributed by atoms with Crippen LogP contribution in [0.5, 0.6) is 0 Å². The van der Waals surface area contributed by atoms with Crippen molar-refractivity contribution < 1.29 is 9.90 Å². The highest BCUT2D eigenvalue weighted by molar-refractivity contribution is 5.78. The average Bonchev–Trinajstić information content (AvgIpc) is 2.61. The maximum absolute atomic E-state index is 11.8. The third-order valence-electron chi connectivity index (χ3n) is 5.35. The molecule has 0 radical (unpaired) electrons. The van der Waals surface area contributed by atoms with Crippen LogP contribution < -0.4 is 0 Å². The van der Waals surface area contributed by atoms with Crippen molar-refractivity contribution in [3.05, 3.63) is 0 Å². The van der Waals surface area contributed by atoms with Gasteiger partial charge in [-0.1, -0.05) is 104 Å². The number of carbonyl (C=O) groups is 1. The molecule has 1 N–H and O–H groups in total. The molecule has 0 fully saturated rings. The molecule has 0 aliphatic carbocycles. The fourth-order valence-corrected chi connectivity index (χ4v) is 3.56. The Hall–Kier alpha value is -0.370. The Bertz CT molecular complexity index is 286. The fraction of sp³-hybridized carbons (Fsp3) is 0.958. The molecule has 0 aliphatic heterocycles. The number of Topliss-reactive ketones (excluding diaryl/α,β-unsaturated/α-hetero) is 1. The second-order valence-electron chi connectivity index (χ2n) is 8.60. The van der Waals surface area contributed by atoms with Gasteiger partial charge in [0.05, 0.1) is 0 Å². The van der Waals surface area contributed by atoms with E-state index in [0.29, 0.717) is 12.4 Å². The maximum Gasteiger partial charge on any atom is 0.132 e. The summed E-state index contributed by atoms with van der Waals surface area (Å²) in [6.45, 7) is 4.90. The summed E-state index contributed by atoms with van der Waals surface area (Å²) in [5, 5.41) is 8.72. The van der Waals surface area contributed by atoms with Crippen molar-refractivity contribution >= 4 is 5.78 Å². The molecule has 2 nitrogen and oxygen atoms in total. The topological polar surface area (TPSA) is 37.3 Å². The van der Waals surface area contributed by atoms with Gasteiger partial charge in [-0.25, -0.2) is 0 Å². The Morgan fingerprint density at radius 2 is 0.923 bits per heavy atom. The van der Waals surface area contributed by atoms with Crippen LogP contribution in [0.4, 0.5) is 0 Å².